The fourth-order valence-corrected chi connectivity index (χ4v) is 2.13. The van der Waals surface area contributed by atoms with Crippen LogP contribution in [0.25, 0.3) is 11.1 Å². The van der Waals surface area contributed by atoms with Crippen LogP contribution in [-0.2, 0) is 9.47 Å². The molecule has 0 unspecified atom stereocenters. The number of benzene rings is 1. The molecule has 7 nitrogen and oxygen atoms in total. The van der Waals surface area contributed by atoms with E-state index in [0.29, 0.717) is 22.6 Å². The second kappa shape index (κ2) is 7.45. The Morgan fingerprint density at radius 3 is 1.75 bits per heavy atom. The highest BCUT2D eigenvalue weighted by atomic mass is 16.5. The first-order valence-electron chi connectivity index (χ1n) is 6.95. The van der Waals surface area contributed by atoms with Crippen molar-refractivity contribution in [2.45, 2.75) is 0 Å². The molecule has 126 valence electrons. The summed E-state index contributed by atoms with van der Waals surface area (Å²) in [6.45, 7) is 0. The first-order valence-corrected chi connectivity index (χ1v) is 6.95. The van der Waals surface area contributed by atoms with Crippen LogP contribution >= 0.6 is 0 Å². The zero-order valence-electron chi connectivity index (χ0n) is 13.8. The fourth-order valence-electron chi connectivity index (χ4n) is 2.13. The van der Waals surface area contributed by atoms with Gasteiger partial charge in [0.25, 0.3) is 0 Å². The van der Waals surface area contributed by atoms with Crippen molar-refractivity contribution in [2.24, 2.45) is 0 Å². The number of nitrogens with zero attached hydrogens (tertiary/aromatic N) is 1. The summed E-state index contributed by atoms with van der Waals surface area (Å²) in [6.07, 6.45) is 0. The van der Waals surface area contributed by atoms with Crippen LogP contribution in [0.2, 0.25) is 0 Å². The van der Waals surface area contributed by atoms with Crippen LogP contribution in [0.4, 0.5) is 0 Å². The van der Waals surface area contributed by atoms with E-state index in [9.17, 15) is 9.59 Å². The maximum absolute atomic E-state index is 11.8. The Hall–Kier alpha value is -3.09. The van der Waals surface area contributed by atoms with Gasteiger partial charge in [0.1, 0.15) is 11.4 Å². The first kappa shape index (κ1) is 17.3. The third-order valence-corrected chi connectivity index (χ3v) is 3.33. The summed E-state index contributed by atoms with van der Waals surface area (Å²) in [7, 11) is 5.54. The van der Waals surface area contributed by atoms with Crippen LogP contribution in [0.3, 0.4) is 0 Å². The molecule has 0 aliphatic heterocycles. The Bertz CT molecular complexity index is 737. The Morgan fingerprint density at radius 1 is 0.750 bits per heavy atom. The van der Waals surface area contributed by atoms with Gasteiger partial charge in [0, 0.05) is 0 Å². The lowest BCUT2D eigenvalue weighted by molar-refractivity contribution is 0.0586. The average Bonchev–Trinajstić information content (AvgIpc) is 2.65. The van der Waals surface area contributed by atoms with Crippen molar-refractivity contribution in [2.75, 3.05) is 28.4 Å². The molecule has 0 radical (unpaired) electrons. The van der Waals surface area contributed by atoms with Crippen molar-refractivity contribution in [1.82, 2.24) is 4.98 Å². The predicted molar refractivity (Wildman–Crippen MR) is 85.5 cm³/mol. The van der Waals surface area contributed by atoms with E-state index in [1.807, 2.05) is 0 Å². The molecule has 0 fully saturated rings. The highest BCUT2D eigenvalue weighted by Crippen LogP contribution is 2.32. The van der Waals surface area contributed by atoms with E-state index >= 15 is 0 Å². The number of pyridine rings is 1. The number of ether oxygens (including phenoxy) is 4. The van der Waals surface area contributed by atoms with E-state index in [4.69, 9.17) is 9.47 Å². The maximum atomic E-state index is 11.8. The molecule has 2 aromatic rings. The van der Waals surface area contributed by atoms with Crippen molar-refractivity contribution in [3.8, 4) is 22.6 Å². The summed E-state index contributed by atoms with van der Waals surface area (Å²) in [5, 5.41) is 0. The zero-order chi connectivity index (χ0) is 17.7. The molecular weight excluding hydrogens is 314 g/mol. The van der Waals surface area contributed by atoms with Crippen LogP contribution in [0.15, 0.2) is 30.3 Å². The molecule has 1 aromatic carbocycles. The standard InChI is InChI=1S/C17H17NO6/c1-21-14-6-5-10(9-15(14)22-2)11-7-12(16(19)23-3)18-13(8-11)17(20)24-4/h5-9H,1-4H3. The van der Waals surface area contributed by atoms with Crippen molar-refractivity contribution in [1.29, 1.82) is 0 Å². The third kappa shape index (κ3) is 3.45. The summed E-state index contributed by atoms with van der Waals surface area (Å²) in [4.78, 5) is 27.6. The fraction of sp³-hybridized carbons (Fsp3) is 0.235. The first-order chi connectivity index (χ1) is 11.5. The van der Waals surface area contributed by atoms with E-state index in [0.717, 1.165) is 0 Å². The molecule has 0 aliphatic carbocycles. The van der Waals surface area contributed by atoms with Gasteiger partial charge in [0.2, 0.25) is 0 Å². The lowest BCUT2D eigenvalue weighted by Gasteiger charge is -2.11. The van der Waals surface area contributed by atoms with Crippen molar-refractivity contribution in [3.05, 3.63) is 41.7 Å². The van der Waals surface area contributed by atoms with Crippen molar-refractivity contribution in [3.63, 3.8) is 0 Å². The smallest absolute Gasteiger partial charge is 0.356 e. The summed E-state index contributed by atoms with van der Waals surface area (Å²) in [5.41, 5.74) is 1.31. The SMILES string of the molecule is COC(=O)c1cc(-c2ccc(OC)c(OC)c2)cc(C(=O)OC)n1. The van der Waals surface area contributed by atoms with Gasteiger partial charge in [-0.15, -0.1) is 0 Å². The topological polar surface area (TPSA) is 84.0 Å². The van der Waals surface area contributed by atoms with Gasteiger partial charge in [-0.1, -0.05) is 6.07 Å². The molecular formula is C17H17NO6. The second-order valence-corrected chi connectivity index (χ2v) is 4.68. The molecule has 7 heteroatoms. The van der Waals surface area contributed by atoms with Crippen LogP contribution in [-0.4, -0.2) is 45.4 Å². The molecule has 0 saturated heterocycles. The second-order valence-electron chi connectivity index (χ2n) is 4.68. The minimum atomic E-state index is -0.650. The number of hydrogen-bond donors (Lipinski definition) is 0. The molecule has 2 rings (SSSR count). The van der Waals surface area contributed by atoms with Crippen LogP contribution in [0.5, 0.6) is 11.5 Å². The monoisotopic (exact) mass is 331 g/mol. The van der Waals surface area contributed by atoms with Gasteiger partial charge in [0.05, 0.1) is 28.4 Å². The largest absolute Gasteiger partial charge is 0.493 e. The maximum Gasteiger partial charge on any atom is 0.356 e. The molecule has 1 aromatic heterocycles. The van der Waals surface area contributed by atoms with Gasteiger partial charge in [0.15, 0.2) is 11.5 Å². The van der Waals surface area contributed by atoms with Gasteiger partial charge < -0.3 is 18.9 Å². The van der Waals surface area contributed by atoms with E-state index in [-0.39, 0.29) is 11.4 Å². The number of methoxy groups -OCH3 is 4. The lowest BCUT2D eigenvalue weighted by atomic mass is 10.0. The van der Waals surface area contributed by atoms with Crippen LogP contribution in [0.1, 0.15) is 21.0 Å². The molecule has 0 amide bonds. The van der Waals surface area contributed by atoms with Gasteiger partial charge >= 0.3 is 11.9 Å². The van der Waals surface area contributed by atoms with E-state index < -0.39 is 11.9 Å². The molecule has 24 heavy (non-hydrogen) atoms. The number of rotatable bonds is 5. The molecule has 0 spiro atoms. The molecule has 0 saturated carbocycles. The Morgan fingerprint density at radius 2 is 1.29 bits per heavy atom. The van der Waals surface area contributed by atoms with Gasteiger partial charge in [-0.2, -0.15) is 0 Å². The van der Waals surface area contributed by atoms with Crippen LogP contribution < -0.4 is 9.47 Å². The summed E-state index contributed by atoms with van der Waals surface area (Å²) in [5.74, 6) is -0.215. The molecule has 0 aliphatic rings. The number of hydrogen-bond acceptors (Lipinski definition) is 7. The zero-order valence-corrected chi connectivity index (χ0v) is 13.8. The Balaban J connectivity index is 2.60. The number of carbonyl (C=O) groups excluding carboxylic acids is 2. The molecule has 0 atom stereocenters. The summed E-state index contributed by atoms with van der Waals surface area (Å²) in [6, 6.07) is 8.29. The number of aromatic nitrogens is 1. The Labute approximate surface area is 139 Å². The molecule has 1 heterocycles. The molecule has 0 N–H and O–H groups in total. The van der Waals surface area contributed by atoms with Crippen LogP contribution in [0, 0.1) is 0 Å². The quantitative estimate of drug-likeness (QED) is 0.777. The summed E-state index contributed by atoms with van der Waals surface area (Å²) < 4.78 is 19.8. The highest BCUT2D eigenvalue weighted by molar-refractivity contribution is 5.94. The normalized spacial score (nSPS) is 10.0. The average molecular weight is 331 g/mol. The minimum Gasteiger partial charge on any atom is -0.493 e. The number of esters is 2. The number of carbonyl (C=O) groups is 2. The minimum absolute atomic E-state index is 0.00480. The lowest BCUT2D eigenvalue weighted by Crippen LogP contribution is -2.11. The van der Waals surface area contributed by atoms with E-state index in [1.54, 1.807) is 18.2 Å². The van der Waals surface area contributed by atoms with E-state index in [2.05, 4.69) is 14.5 Å². The van der Waals surface area contributed by atoms with Gasteiger partial charge in [-0.25, -0.2) is 14.6 Å². The van der Waals surface area contributed by atoms with Gasteiger partial charge in [-0.05, 0) is 35.4 Å². The van der Waals surface area contributed by atoms with Gasteiger partial charge in [-0.3, -0.25) is 0 Å². The van der Waals surface area contributed by atoms with E-state index in [1.165, 1.54) is 40.6 Å². The molecule has 0 bridgehead atoms. The Kier molecular flexibility index (Phi) is 5.36. The third-order valence-electron chi connectivity index (χ3n) is 3.33. The summed E-state index contributed by atoms with van der Waals surface area (Å²) >= 11 is 0. The van der Waals surface area contributed by atoms with Crippen molar-refractivity contribution < 1.29 is 28.5 Å². The highest BCUT2D eigenvalue weighted by Gasteiger charge is 2.17. The van der Waals surface area contributed by atoms with Crippen molar-refractivity contribution >= 4 is 11.9 Å². The predicted octanol–water partition coefficient (Wildman–Crippen LogP) is 2.34.